The number of ether oxygens (including phenoxy) is 2. The van der Waals surface area contributed by atoms with Crippen LogP contribution >= 0.6 is 0 Å². The van der Waals surface area contributed by atoms with Crippen LogP contribution in [-0.4, -0.2) is 26.2 Å². The van der Waals surface area contributed by atoms with Crippen molar-refractivity contribution >= 4 is 5.97 Å². The average molecular weight is 301 g/mol. The van der Waals surface area contributed by atoms with Gasteiger partial charge in [-0.2, -0.15) is 8.78 Å². The van der Waals surface area contributed by atoms with Gasteiger partial charge in [0.15, 0.2) is 0 Å². The van der Waals surface area contributed by atoms with Gasteiger partial charge in [0, 0.05) is 0 Å². The van der Waals surface area contributed by atoms with E-state index in [1.54, 1.807) is 19.1 Å². The molecule has 0 saturated heterocycles. The molecule has 1 aromatic carbocycles. The monoisotopic (exact) mass is 301 g/mol. The summed E-state index contributed by atoms with van der Waals surface area (Å²) in [6.07, 6.45) is 0. The van der Waals surface area contributed by atoms with E-state index in [1.165, 1.54) is 19.2 Å². The van der Waals surface area contributed by atoms with Crippen molar-refractivity contribution in [1.82, 2.24) is 5.32 Å². The Balaban J connectivity index is 3.10. The molecule has 0 aliphatic carbocycles. The lowest BCUT2D eigenvalue weighted by molar-refractivity contribution is -0.148. The van der Waals surface area contributed by atoms with E-state index in [2.05, 4.69) is 10.1 Å². The summed E-state index contributed by atoms with van der Waals surface area (Å²) in [5, 5.41) is 3.13. The maximum atomic E-state index is 12.3. The molecule has 0 aliphatic heterocycles. The Morgan fingerprint density at radius 1 is 1.38 bits per heavy atom. The molecule has 1 atom stereocenters. The van der Waals surface area contributed by atoms with E-state index in [0.29, 0.717) is 18.0 Å². The van der Waals surface area contributed by atoms with Crippen molar-refractivity contribution in [2.45, 2.75) is 32.9 Å². The van der Waals surface area contributed by atoms with Crippen LogP contribution in [0.1, 0.15) is 26.3 Å². The minimum Gasteiger partial charge on any atom is -0.467 e. The Labute approximate surface area is 123 Å². The first kappa shape index (κ1) is 17.4. The lowest BCUT2D eigenvalue weighted by atomic mass is 9.91. The molecule has 118 valence electrons. The Kier molecular flexibility index (Phi) is 6.08. The van der Waals surface area contributed by atoms with E-state index < -0.39 is 18.1 Å². The van der Waals surface area contributed by atoms with Gasteiger partial charge in [-0.1, -0.05) is 26.0 Å². The first-order chi connectivity index (χ1) is 9.79. The number of carbonyl (C=O) groups excluding carboxylic acids is 1. The van der Waals surface area contributed by atoms with Gasteiger partial charge in [0.05, 0.1) is 7.11 Å². The highest BCUT2D eigenvalue weighted by Gasteiger charge is 2.36. The number of nitrogens with one attached hydrogen (secondary N) is 1. The predicted octanol–water partition coefficient (Wildman–Crippen LogP) is 2.92. The Bertz CT molecular complexity index is 480. The molecule has 0 fully saturated rings. The second-order valence-electron chi connectivity index (χ2n) is 5.30. The zero-order chi connectivity index (χ0) is 16.0. The molecule has 0 saturated carbocycles. The molecular weight excluding hydrogens is 280 g/mol. The molecule has 1 aromatic rings. The molecule has 1 rings (SSSR count). The van der Waals surface area contributed by atoms with E-state index in [4.69, 9.17) is 4.74 Å². The first-order valence-corrected chi connectivity index (χ1v) is 6.68. The highest BCUT2D eigenvalue weighted by Crippen LogP contribution is 2.27. The molecule has 0 radical (unpaired) electrons. The fourth-order valence-electron chi connectivity index (χ4n) is 1.89. The van der Waals surface area contributed by atoms with Gasteiger partial charge < -0.3 is 9.47 Å². The van der Waals surface area contributed by atoms with E-state index in [9.17, 15) is 13.6 Å². The van der Waals surface area contributed by atoms with Crippen molar-refractivity contribution in [3.63, 3.8) is 0 Å². The Morgan fingerprint density at radius 2 is 2.05 bits per heavy atom. The number of esters is 1. The topological polar surface area (TPSA) is 47.6 Å². The minimum atomic E-state index is -2.91. The smallest absolute Gasteiger partial charge is 0.387 e. The molecule has 0 heterocycles. The molecule has 4 nitrogen and oxygen atoms in total. The molecule has 1 unspecified atom stereocenters. The van der Waals surface area contributed by atoms with Crippen molar-refractivity contribution in [3.05, 3.63) is 29.8 Å². The molecule has 0 spiro atoms. The summed E-state index contributed by atoms with van der Waals surface area (Å²) in [6, 6.07) is 6.06. The maximum absolute atomic E-state index is 12.3. The summed E-state index contributed by atoms with van der Waals surface area (Å²) < 4.78 is 33.8. The van der Waals surface area contributed by atoms with E-state index in [0.717, 1.165) is 0 Å². The first-order valence-electron chi connectivity index (χ1n) is 6.68. The van der Waals surface area contributed by atoms with Crippen LogP contribution in [0.2, 0.25) is 0 Å². The summed E-state index contributed by atoms with van der Waals surface area (Å²) in [5.74, 6) is -0.171. The minimum absolute atomic E-state index is 0.00368. The summed E-state index contributed by atoms with van der Waals surface area (Å²) >= 11 is 0. The fourth-order valence-corrected chi connectivity index (χ4v) is 1.89. The van der Waals surface area contributed by atoms with Crippen molar-refractivity contribution in [3.8, 4) is 5.75 Å². The second-order valence-corrected chi connectivity index (χ2v) is 5.30. The maximum Gasteiger partial charge on any atom is 0.387 e. The van der Waals surface area contributed by atoms with Gasteiger partial charge in [0.25, 0.3) is 0 Å². The third-order valence-electron chi connectivity index (χ3n) is 3.09. The molecule has 21 heavy (non-hydrogen) atoms. The Morgan fingerprint density at radius 3 is 2.57 bits per heavy atom. The second kappa shape index (κ2) is 7.36. The van der Waals surface area contributed by atoms with Crippen LogP contribution in [0.3, 0.4) is 0 Å². The summed E-state index contributed by atoms with van der Waals surface area (Å²) in [5.41, 5.74) is -0.617. The van der Waals surface area contributed by atoms with Gasteiger partial charge in [0.1, 0.15) is 11.3 Å². The van der Waals surface area contributed by atoms with Gasteiger partial charge in [-0.15, -0.1) is 0 Å². The lowest BCUT2D eigenvalue weighted by Crippen LogP contribution is -2.48. The van der Waals surface area contributed by atoms with E-state index >= 15 is 0 Å². The summed E-state index contributed by atoms with van der Waals surface area (Å²) in [7, 11) is 1.29. The number of rotatable bonds is 7. The van der Waals surface area contributed by atoms with Crippen LogP contribution in [-0.2, 0) is 15.1 Å². The fraction of sp³-hybridized carbons (Fsp3) is 0.533. The molecule has 0 aliphatic rings. The van der Waals surface area contributed by atoms with Crippen LogP contribution in [0, 0.1) is 5.92 Å². The van der Waals surface area contributed by atoms with Gasteiger partial charge in [-0.3, -0.25) is 5.32 Å². The largest absolute Gasteiger partial charge is 0.467 e. The standard InChI is InChI=1S/C15H21F2NO3/c1-10(2)9-18-15(3,13(19)20-4)11-6-5-7-12(8-11)21-14(16)17/h5-8,10,14,18H,9H2,1-4H3. The summed E-state index contributed by atoms with van der Waals surface area (Å²) in [4.78, 5) is 12.1. The van der Waals surface area contributed by atoms with Crippen LogP contribution in [0.5, 0.6) is 5.75 Å². The van der Waals surface area contributed by atoms with Crippen LogP contribution in [0.4, 0.5) is 8.78 Å². The number of alkyl halides is 2. The molecule has 0 bridgehead atoms. The van der Waals surface area contributed by atoms with Crippen molar-refractivity contribution in [1.29, 1.82) is 0 Å². The van der Waals surface area contributed by atoms with Crippen molar-refractivity contribution in [2.75, 3.05) is 13.7 Å². The highest BCUT2D eigenvalue weighted by atomic mass is 19.3. The SMILES string of the molecule is COC(=O)C(C)(NCC(C)C)c1cccc(OC(F)F)c1. The number of halogens is 2. The van der Waals surface area contributed by atoms with E-state index in [-0.39, 0.29) is 5.75 Å². The molecule has 1 N–H and O–H groups in total. The molecule has 0 aromatic heterocycles. The third-order valence-corrected chi connectivity index (χ3v) is 3.09. The van der Waals surface area contributed by atoms with Crippen molar-refractivity contribution < 1.29 is 23.0 Å². The molecule has 6 heteroatoms. The van der Waals surface area contributed by atoms with Gasteiger partial charge in [-0.05, 0) is 37.1 Å². The number of hydrogen-bond donors (Lipinski definition) is 1. The Hall–Kier alpha value is -1.69. The quantitative estimate of drug-likeness (QED) is 0.787. The van der Waals surface area contributed by atoms with Crippen LogP contribution in [0.15, 0.2) is 24.3 Å². The van der Waals surface area contributed by atoms with Gasteiger partial charge >= 0.3 is 12.6 Å². The number of benzene rings is 1. The third kappa shape index (κ3) is 4.67. The van der Waals surface area contributed by atoms with E-state index in [1.807, 2.05) is 13.8 Å². The zero-order valence-corrected chi connectivity index (χ0v) is 12.7. The predicted molar refractivity (Wildman–Crippen MR) is 75.3 cm³/mol. The van der Waals surface area contributed by atoms with Crippen molar-refractivity contribution in [2.24, 2.45) is 5.92 Å². The number of methoxy groups -OCH3 is 1. The molecule has 0 amide bonds. The van der Waals surface area contributed by atoms with Gasteiger partial charge in [0.2, 0.25) is 0 Å². The highest BCUT2D eigenvalue weighted by molar-refractivity contribution is 5.82. The van der Waals surface area contributed by atoms with Crippen LogP contribution < -0.4 is 10.1 Å². The molecular formula is C15H21F2NO3. The van der Waals surface area contributed by atoms with Crippen LogP contribution in [0.25, 0.3) is 0 Å². The van der Waals surface area contributed by atoms with Gasteiger partial charge in [-0.25, -0.2) is 4.79 Å². The average Bonchev–Trinajstić information content (AvgIpc) is 2.43. The summed E-state index contributed by atoms with van der Waals surface area (Å²) in [6.45, 7) is 3.32. The number of hydrogen-bond acceptors (Lipinski definition) is 4. The normalized spacial score (nSPS) is 14.1. The lowest BCUT2D eigenvalue weighted by Gasteiger charge is -2.29. The number of carbonyl (C=O) groups is 1. The zero-order valence-electron chi connectivity index (χ0n) is 12.7.